The molecule has 2 amide bonds. The summed E-state index contributed by atoms with van der Waals surface area (Å²) in [6.45, 7) is -0.524. The Hall–Kier alpha value is -1.99. The molecule has 0 aliphatic carbocycles. The molecule has 2 fully saturated rings. The number of pyridine rings is 2. The van der Waals surface area contributed by atoms with Gasteiger partial charge in [0.1, 0.15) is 40.2 Å². The monoisotopic (exact) mass is 574 g/mol. The molecule has 4 rings (SSSR count). The zero-order chi connectivity index (χ0) is 23.2. The molecule has 4 heterocycles. The van der Waals surface area contributed by atoms with Crippen LogP contribution in [0.2, 0.25) is 0 Å². The smallest absolute Gasteiger partial charge is 0.246 e. The van der Waals surface area contributed by atoms with E-state index in [0.29, 0.717) is 14.8 Å². The lowest BCUT2D eigenvalue weighted by molar-refractivity contribution is -0.138. The van der Waals surface area contributed by atoms with Crippen LogP contribution in [0.15, 0.2) is 45.9 Å². The molecule has 0 spiro atoms. The summed E-state index contributed by atoms with van der Waals surface area (Å²) >= 11 is 6.46. The van der Waals surface area contributed by atoms with Crippen molar-refractivity contribution < 1.29 is 28.6 Å². The molecule has 0 saturated carbocycles. The molecule has 0 bridgehead atoms. The highest BCUT2D eigenvalue weighted by Crippen LogP contribution is 2.27. The number of morpholine rings is 2. The molecule has 2 aromatic rings. The van der Waals surface area contributed by atoms with Crippen molar-refractivity contribution in [3.05, 3.63) is 57.0 Å². The lowest BCUT2D eigenvalue weighted by atomic mass is 9.91. The number of rotatable bonds is 4. The van der Waals surface area contributed by atoms with Crippen molar-refractivity contribution in [1.29, 1.82) is 0 Å². The van der Waals surface area contributed by atoms with Crippen LogP contribution in [0.1, 0.15) is 11.1 Å². The zero-order valence-corrected chi connectivity index (χ0v) is 20.0. The molecule has 3 N–H and O–H groups in total. The third kappa shape index (κ3) is 5.67. The number of ether oxygens (including phenoxy) is 2. The number of aromatic nitrogens is 2. The van der Waals surface area contributed by atoms with Crippen LogP contribution >= 0.6 is 31.9 Å². The van der Waals surface area contributed by atoms with Gasteiger partial charge in [-0.05, 0) is 67.3 Å². The SMILES string of the molecule is O=C1COCC(CF)(c2ccnc(Br)c2)N1.O=C1COCC(CO)(c2ccnc(Br)c2)N1. The average molecular weight is 576 g/mol. The highest BCUT2D eigenvalue weighted by atomic mass is 79.9. The van der Waals surface area contributed by atoms with Gasteiger partial charge in [-0.15, -0.1) is 0 Å². The molecule has 2 unspecified atom stereocenters. The summed E-state index contributed by atoms with van der Waals surface area (Å²) in [4.78, 5) is 30.5. The minimum Gasteiger partial charge on any atom is -0.393 e. The second kappa shape index (κ2) is 10.8. The average Bonchev–Trinajstić information content (AvgIpc) is 2.79. The summed E-state index contributed by atoms with van der Waals surface area (Å²) in [6.07, 6.45) is 3.16. The Morgan fingerprint density at radius 3 is 1.84 bits per heavy atom. The van der Waals surface area contributed by atoms with Gasteiger partial charge in [0.15, 0.2) is 0 Å². The predicted molar refractivity (Wildman–Crippen MR) is 118 cm³/mol. The molecule has 9 nitrogen and oxygen atoms in total. The molecule has 2 saturated heterocycles. The second-order valence-electron chi connectivity index (χ2n) is 7.27. The topological polar surface area (TPSA) is 123 Å². The number of halogens is 3. The number of hydrogen-bond acceptors (Lipinski definition) is 7. The quantitative estimate of drug-likeness (QED) is 0.470. The third-order valence-electron chi connectivity index (χ3n) is 4.98. The number of carbonyl (C=O) groups is 2. The van der Waals surface area contributed by atoms with Crippen LogP contribution < -0.4 is 10.6 Å². The van der Waals surface area contributed by atoms with Gasteiger partial charge < -0.3 is 25.2 Å². The van der Waals surface area contributed by atoms with Crippen molar-refractivity contribution in [2.75, 3.05) is 39.7 Å². The van der Waals surface area contributed by atoms with Gasteiger partial charge >= 0.3 is 0 Å². The molecule has 172 valence electrons. The van der Waals surface area contributed by atoms with Gasteiger partial charge in [0.25, 0.3) is 0 Å². The van der Waals surface area contributed by atoms with Gasteiger partial charge in [0, 0.05) is 12.4 Å². The summed E-state index contributed by atoms with van der Waals surface area (Å²) < 4.78 is 24.7. The number of hydrogen-bond donors (Lipinski definition) is 3. The first-order valence-corrected chi connectivity index (χ1v) is 11.1. The fourth-order valence-corrected chi connectivity index (χ4v) is 4.08. The van der Waals surface area contributed by atoms with Gasteiger partial charge in [-0.25, -0.2) is 14.4 Å². The minimum absolute atomic E-state index is 0.0198. The zero-order valence-electron chi connectivity index (χ0n) is 16.8. The molecular weight excluding hydrogens is 555 g/mol. The van der Waals surface area contributed by atoms with Gasteiger partial charge in [0.2, 0.25) is 11.8 Å². The van der Waals surface area contributed by atoms with E-state index in [1.165, 1.54) is 0 Å². The van der Waals surface area contributed by atoms with Gasteiger partial charge in [0.05, 0.1) is 19.8 Å². The third-order valence-corrected chi connectivity index (χ3v) is 5.84. The van der Waals surface area contributed by atoms with Crippen LogP contribution in [-0.4, -0.2) is 66.6 Å². The number of carbonyl (C=O) groups excluding carboxylic acids is 2. The van der Waals surface area contributed by atoms with Gasteiger partial charge in [-0.1, -0.05) is 0 Å². The van der Waals surface area contributed by atoms with Crippen molar-refractivity contribution in [2.24, 2.45) is 0 Å². The van der Waals surface area contributed by atoms with Crippen molar-refractivity contribution in [3.8, 4) is 0 Å². The molecule has 32 heavy (non-hydrogen) atoms. The first-order chi connectivity index (χ1) is 15.3. The van der Waals surface area contributed by atoms with E-state index in [1.54, 1.807) is 36.7 Å². The number of nitrogens with zero attached hydrogens (tertiary/aromatic N) is 2. The standard InChI is InChI=1S/C10H10BrFN2O2.C10H11BrN2O3/c11-8-3-7(1-2-13-8)10(5-12)6-16-4-9(15)14-10;11-8-3-7(1-2-12-8)10(5-14)6-16-4-9(15)13-10/h1-3H,4-6H2,(H,14,15);1-3,14H,4-6H2,(H,13,15). The Labute approximate surface area is 200 Å². The Morgan fingerprint density at radius 1 is 0.938 bits per heavy atom. The van der Waals surface area contributed by atoms with E-state index in [4.69, 9.17) is 9.47 Å². The van der Waals surface area contributed by atoms with E-state index in [0.717, 1.165) is 5.56 Å². The normalized spacial score (nSPS) is 25.2. The molecule has 2 aromatic heterocycles. The maximum absolute atomic E-state index is 13.2. The van der Waals surface area contributed by atoms with Gasteiger partial charge in [-0.2, -0.15) is 0 Å². The lowest BCUT2D eigenvalue weighted by Gasteiger charge is -2.36. The fourth-order valence-electron chi connectivity index (χ4n) is 3.35. The summed E-state index contributed by atoms with van der Waals surface area (Å²) in [5, 5.41) is 14.9. The number of aliphatic hydroxyl groups excluding tert-OH is 1. The number of amides is 2. The van der Waals surface area contributed by atoms with E-state index < -0.39 is 17.8 Å². The van der Waals surface area contributed by atoms with Crippen molar-refractivity contribution in [3.63, 3.8) is 0 Å². The van der Waals surface area contributed by atoms with Crippen molar-refractivity contribution in [2.45, 2.75) is 11.1 Å². The largest absolute Gasteiger partial charge is 0.393 e. The Morgan fingerprint density at radius 2 is 1.41 bits per heavy atom. The van der Waals surface area contributed by atoms with Gasteiger partial charge in [-0.3, -0.25) is 9.59 Å². The number of alkyl halides is 1. The molecule has 2 aliphatic rings. The summed E-state index contributed by atoms with van der Waals surface area (Å²) in [7, 11) is 0. The molecular formula is C20H21Br2FN4O5. The van der Waals surface area contributed by atoms with Crippen molar-refractivity contribution in [1.82, 2.24) is 20.6 Å². The molecule has 0 aromatic carbocycles. The predicted octanol–water partition coefficient (Wildman–Crippen LogP) is 1.33. The van der Waals surface area contributed by atoms with Crippen molar-refractivity contribution >= 4 is 43.7 Å². The minimum atomic E-state index is -1.08. The molecule has 2 aliphatic heterocycles. The van der Waals surface area contributed by atoms with Crippen LogP contribution in [0.4, 0.5) is 4.39 Å². The Bertz CT molecular complexity index is 907. The summed E-state index contributed by atoms with van der Waals surface area (Å²) in [6, 6.07) is 6.84. The van der Waals surface area contributed by atoms with E-state index in [9.17, 15) is 19.1 Å². The summed E-state index contributed by atoms with van der Waals surface area (Å²) in [5.41, 5.74) is -0.531. The van der Waals surface area contributed by atoms with Crippen LogP contribution in [0.25, 0.3) is 0 Å². The first-order valence-electron chi connectivity index (χ1n) is 9.51. The summed E-state index contributed by atoms with van der Waals surface area (Å²) in [5.74, 6) is -0.537. The van der Waals surface area contributed by atoms with E-state index in [2.05, 4.69) is 52.5 Å². The Kier molecular flexibility index (Phi) is 8.28. The first kappa shape index (κ1) is 24.6. The maximum atomic E-state index is 13.2. The Balaban J connectivity index is 0.000000181. The molecule has 12 heteroatoms. The van der Waals surface area contributed by atoms with E-state index >= 15 is 0 Å². The van der Waals surface area contributed by atoms with Crippen LogP contribution in [0, 0.1) is 0 Å². The van der Waals surface area contributed by atoms with Crippen LogP contribution in [0.5, 0.6) is 0 Å². The second-order valence-corrected chi connectivity index (χ2v) is 8.90. The number of aliphatic hydroxyl groups is 1. The maximum Gasteiger partial charge on any atom is 0.246 e. The highest BCUT2D eigenvalue weighted by Gasteiger charge is 2.38. The lowest BCUT2D eigenvalue weighted by Crippen LogP contribution is -2.57. The van der Waals surface area contributed by atoms with E-state index in [1.807, 2.05) is 0 Å². The highest BCUT2D eigenvalue weighted by molar-refractivity contribution is 9.10. The van der Waals surface area contributed by atoms with E-state index in [-0.39, 0.29) is 44.8 Å². The van der Waals surface area contributed by atoms with Crippen LogP contribution in [0.3, 0.4) is 0 Å². The van der Waals surface area contributed by atoms with Crippen LogP contribution in [-0.2, 0) is 30.1 Å². The number of nitrogens with one attached hydrogen (secondary N) is 2. The molecule has 0 radical (unpaired) electrons. The fraction of sp³-hybridized carbons (Fsp3) is 0.400. The molecule has 2 atom stereocenters.